The number of carbonyl (C=O) groups is 2. The summed E-state index contributed by atoms with van der Waals surface area (Å²) in [6.07, 6.45) is 3.26. The summed E-state index contributed by atoms with van der Waals surface area (Å²) in [6.45, 7) is 3.26. The van der Waals surface area contributed by atoms with E-state index < -0.39 is 24.5 Å². The molecule has 24 heavy (non-hydrogen) atoms. The Morgan fingerprint density at radius 3 is 2.62 bits per heavy atom. The summed E-state index contributed by atoms with van der Waals surface area (Å²) in [6, 6.07) is 5.67. The van der Waals surface area contributed by atoms with Gasteiger partial charge in [-0.2, -0.15) is 0 Å². The fourth-order valence-electron chi connectivity index (χ4n) is 1.99. The standard InChI is InChI=1S/C16H15NO5S2/c1-2-7-22-11-5-3-10(4-6-11)8-13-14(19)17(16(23)24-13)12(9-18)15(20)21/h2-6,8,12,18H,1,7,9H2,(H,20,21). The number of thioether (sulfide) groups is 1. The SMILES string of the molecule is C=CCOc1ccc(C=C2SC(=S)N(C(CO)C(=O)O)C2=O)cc1. The van der Waals surface area contributed by atoms with E-state index in [0.717, 1.165) is 22.2 Å². The normalized spacial score (nSPS) is 17.2. The maximum atomic E-state index is 12.4. The number of carboxylic acids is 1. The lowest BCUT2D eigenvalue weighted by Crippen LogP contribution is -2.46. The number of amides is 1. The molecule has 1 aromatic carbocycles. The molecule has 6 nitrogen and oxygen atoms in total. The van der Waals surface area contributed by atoms with Crippen LogP contribution in [0.15, 0.2) is 41.8 Å². The van der Waals surface area contributed by atoms with Crippen LogP contribution in [0.1, 0.15) is 5.56 Å². The van der Waals surface area contributed by atoms with Crippen molar-refractivity contribution < 1.29 is 24.5 Å². The second kappa shape index (κ2) is 8.09. The molecule has 1 aromatic rings. The van der Waals surface area contributed by atoms with E-state index in [9.17, 15) is 14.7 Å². The Kier molecular flexibility index (Phi) is 6.13. The van der Waals surface area contributed by atoms with Crippen molar-refractivity contribution in [3.05, 3.63) is 47.4 Å². The number of hydrogen-bond donors (Lipinski definition) is 2. The third-order valence-electron chi connectivity index (χ3n) is 3.14. The number of benzene rings is 1. The van der Waals surface area contributed by atoms with Gasteiger partial charge in [-0.05, 0) is 23.8 Å². The summed E-state index contributed by atoms with van der Waals surface area (Å²) in [5.41, 5.74) is 0.748. The first-order chi connectivity index (χ1) is 11.5. The van der Waals surface area contributed by atoms with Crippen molar-refractivity contribution in [2.75, 3.05) is 13.2 Å². The third-order valence-corrected chi connectivity index (χ3v) is 4.47. The maximum Gasteiger partial charge on any atom is 0.329 e. The molecule has 1 saturated heterocycles. The minimum atomic E-state index is -1.38. The number of carboxylic acid groups (broad SMARTS) is 1. The monoisotopic (exact) mass is 365 g/mol. The Labute approximate surface area is 148 Å². The average Bonchev–Trinajstić information content (AvgIpc) is 2.82. The van der Waals surface area contributed by atoms with E-state index in [0.29, 0.717) is 17.3 Å². The summed E-state index contributed by atoms with van der Waals surface area (Å²) in [5, 5.41) is 18.3. The second-order valence-corrected chi connectivity index (χ2v) is 6.43. The van der Waals surface area contributed by atoms with Gasteiger partial charge in [0.25, 0.3) is 5.91 Å². The molecule has 1 aliphatic heterocycles. The van der Waals surface area contributed by atoms with Crippen LogP contribution in [0.3, 0.4) is 0 Å². The fraction of sp³-hybridized carbons (Fsp3) is 0.188. The fourth-order valence-corrected chi connectivity index (χ4v) is 3.34. The van der Waals surface area contributed by atoms with Crippen LogP contribution >= 0.6 is 24.0 Å². The molecule has 2 N–H and O–H groups in total. The number of aliphatic hydroxyl groups is 1. The van der Waals surface area contributed by atoms with Crippen molar-refractivity contribution >= 4 is 46.3 Å². The highest BCUT2D eigenvalue weighted by molar-refractivity contribution is 8.26. The predicted octanol–water partition coefficient (Wildman–Crippen LogP) is 1.90. The molecule has 8 heteroatoms. The number of nitrogens with zero attached hydrogens (tertiary/aromatic N) is 1. The highest BCUT2D eigenvalue weighted by Gasteiger charge is 2.40. The van der Waals surface area contributed by atoms with Gasteiger partial charge in [0.05, 0.1) is 11.5 Å². The highest BCUT2D eigenvalue weighted by Crippen LogP contribution is 2.34. The number of ether oxygens (including phenoxy) is 1. The quantitative estimate of drug-likeness (QED) is 0.433. The van der Waals surface area contributed by atoms with Gasteiger partial charge in [-0.15, -0.1) is 0 Å². The largest absolute Gasteiger partial charge is 0.490 e. The summed E-state index contributed by atoms with van der Waals surface area (Å²) in [5.74, 6) is -1.16. The zero-order chi connectivity index (χ0) is 17.7. The van der Waals surface area contributed by atoms with Crippen LogP contribution in [-0.2, 0) is 9.59 Å². The highest BCUT2D eigenvalue weighted by atomic mass is 32.2. The molecular weight excluding hydrogens is 350 g/mol. The van der Waals surface area contributed by atoms with Gasteiger partial charge in [0, 0.05) is 0 Å². The molecule has 1 aliphatic rings. The van der Waals surface area contributed by atoms with Gasteiger partial charge < -0.3 is 14.9 Å². The minimum Gasteiger partial charge on any atom is -0.490 e. The molecule has 0 aromatic heterocycles. The first-order valence-corrected chi connectivity index (χ1v) is 8.15. The molecule has 0 spiro atoms. The van der Waals surface area contributed by atoms with Gasteiger partial charge in [0.1, 0.15) is 16.7 Å². The molecule has 1 atom stereocenters. The van der Waals surface area contributed by atoms with Crippen LogP contribution in [0.25, 0.3) is 6.08 Å². The zero-order valence-corrected chi connectivity index (χ0v) is 14.2. The lowest BCUT2D eigenvalue weighted by atomic mass is 10.2. The summed E-state index contributed by atoms with van der Waals surface area (Å²) in [4.78, 5) is 24.7. The number of carbonyl (C=O) groups excluding carboxylic acids is 1. The summed E-state index contributed by atoms with van der Waals surface area (Å²) in [7, 11) is 0. The van der Waals surface area contributed by atoms with Crippen molar-refractivity contribution in [2.45, 2.75) is 6.04 Å². The van der Waals surface area contributed by atoms with Crippen LogP contribution in [-0.4, -0.2) is 50.6 Å². The number of thiocarbonyl (C=S) groups is 1. The van der Waals surface area contributed by atoms with Crippen molar-refractivity contribution in [3.8, 4) is 5.75 Å². The van der Waals surface area contributed by atoms with E-state index in [-0.39, 0.29) is 4.32 Å². The van der Waals surface area contributed by atoms with Crippen LogP contribution in [0, 0.1) is 0 Å². The lowest BCUT2D eigenvalue weighted by Gasteiger charge is -2.20. The minimum absolute atomic E-state index is 0.110. The van der Waals surface area contributed by atoms with E-state index in [4.69, 9.17) is 22.1 Å². The summed E-state index contributed by atoms with van der Waals surface area (Å²) < 4.78 is 5.48. The molecular formula is C16H15NO5S2. The van der Waals surface area contributed by atoms with Crippen LogP contribution in [0.2, 0.25) is 0 Å². The lowest BCUT2D eigenvalue weighted by molar-refractivity contribution is -0.146. The summed E-state index contributed by atoms with van der Waals surface area (Å²) >= 11 is 6.07. The van der Waals surface area contributed by atoms with Gasteiger partial charge >= 0.3 is 5.97 Å². The maximum absolute atomic E-state index is 12.4. The predicted molar refractivity (Wildman–Crippen MR) is 95.7 cm³/mol. The van der Waals surface area contributed by atoms with Gasteiger partial charge in [-0.25, -0.2) is 4.79 Å². The van der Waals surface area contributed by atoms with Crippen molar-refractivity contribution in [2.24, 2.45) is 0 Å². The first-order valence-electron chi connectivity index (χ1n) is 6.92. The first kappa shape index (κ1) is 18.2. The Morgan fingerprint density at radius 1 is 1.42 bits per heavy atom. The number of aliphatic hydroxyl groups excluding tert-OH is 1. The van der Waals surface area contributed by atoms with Crippen LogP contribution in [0.5, 0.6) is 5.75 Å². The Balaban J connectivity index is 2.19. The molecule has 2 rings (SSSR count). The Bertz CT molecular complexity index is 699. The van der Waals surface area contributed by atoms with Gasteiger partial charge in [0.15, 0.2) is 6.04 Å². The van der Waals surface area contributed by atoms with Crippen molar-refractivity contribution in [1.82, 2.24) is 4.90 Å². The van der Waals surface area contributed by atoms with Gasteiger partial charge in [0.2, 0.25) is 0 Å². The molecule has 1 unspecified atom stereocenters. The van der Waals surface area contributed by atoms with E-state index in [1.165, 1.54) is 0 Å². The van der Waals surface area contributed by atoms with Crippen molar-refractivity contribution in [1.29, 1.82) is 0 Å². The molecule has 0 aliphatic carbocycles. The molecule has 0 radical (unpaired) electrons. The van der Waals surface area contributed by atoms with Crippen LogP contribution in [0.4, 0.5) is 0 Å². The van der Waals surface area contributed by atoms with Crippen molar-refractivity contribution in [3.63, 3.8) is 0 Å². The molecule has 126 valence electrons. The van der Waals surface area contributed by atoms with Gasteiger partial charge in [-0.3, -0.25) is 9.69 Å². The van der Waals surface area contributed by atoms with E-state index in [1.807, 2.05) is 0 Å². The zero-order valence-electron chi connectivity index (χ0n) is 12.5. The number of aliphatic carboxylic acids is 1. The Morgan fingerprint density at radius 2 is 2.08 bits per heavy atom. The topological polar surface area (TPSA) is 87.1 Å². The second-order valence-electron chi connectivity index (χ2n) is 4.76. The molecule has 1 fully saturated rings. The van der Waals surface area contributed by atoms with Crippen LogP contribution < -0.4 is 4.74 Å². The smallest absolute Gasteiger partial charge is 0.329 e. The average molecular weight is 365 g/mol. The molecule has 0 saturated carbocycles. The third kappa shape index (κ3) is 4.02. The Hall–Kier alpha value is -2.16. The van der Waals surface area contributed by atoms with Gasteiger partial charge in [-0.1, -0.05) is 48.8 Å². The van der Waals surface area contributed by atoms with E-state index in [1.54, 1.807) is 36.4 Å². The van der Waals surface area contributed by atoms with E-state index in [2.05, 4.69) is 6.58 Å². The number of hydrogen-bond acceptors (Lipinski definition) is 6. The van der Waals surface area contributed by atoms with E-state index >= 15 is 0 Å². The molecule has 0 bridgehead atoms. The molecule has 1 amide bonds. The number of rotatable bonds is 7. The molecule has 1 heterocycles.